The number of carbonyl (C=O) groups is 1. The molecule has 0 radical (unpaired) electrons. The fourth-order valence-corrected chi connectivity index (χ4v) is 3.45. The molecule has 1 aliphatic rings. The lowest BCUT2D eigenvalue weighted by atomic mass is 9.95. The Bertz CT molecular complexity index is 355. The van der Waals surface area contributed by atoms with Crippen molar-refractivity contribution in [2.75, 3.05) is 18.9 Å². The molecule has 6 nitrogen and oxygen atoms in total. The zero-order valence-corrected chi connectivity index (χ0v) is 10.1. The van der Waals surface area contributed by atoms with Crippen LogP contribution in [0.1, 0.15) is 19.8 Å². The number of piperidine rings is 1. The lowest BCUT2D eigenvalue weighted by Crippen LogP contribution is -2.49. The fourth-order valence-electron chi connectivity index (χ4n) is 1.93. The largest absolute Gasteiger partial charge is 0.395 e. The highest BCUT2D eigenvalue weighted by molar-refractivity contribution is 7.89. The number of hydrogen-bond donors (Lipinski definition) is 2. The molecule has 1 rings (SSSR count). The molecule has 1 heterocycles. The van der Waals surface area contributed by atoms with Gasteiger partial charge in [0.15, 0.2) is 0 Å². The predicted molar refractivity (Wildman–Crippen MR) is 59.0 cm³/mol. The number of carbonyl (C=O) groups excluding carboxylic acids is 1. The van der Waals surface area contributed by atoms with E-state index in [1.54, 1.807) is 6.92 Å². The first kappa shape index (κ1) is 13.4. The van der Waals surface area contributed by atoms with Gasteiger partial charge in [0.05, 0.1) is 18.3 Å². The summed E-state index contributed by atoms with van der Waals surface area (Å²) in [6.07, 6.45) is 1.25. The van der Waals surface area contributed by atoms with Crippen LogP contribution >= 0.6 is 0 Å². The Morgan fingerprint density at radius 2 is 2.12 bits per heavy atom. The summed E-state index contributed by atoms with van der Waals surface area (Å²) < 4.78 is 24.8. The van der Waals surface area contributed by atoms with Crippen LogP contribution < -0.4 is 5.73 Å². The summed E-state index contributed by atoms with van der Waals surface area (Å²) in [5, 5.41) is 8.70. The minimum absolute atomic E-state index is 0.132. The molecule has 3 N–H and O–H groups in total. The summed E-state index contributed by atoms with van der Waals surface area (Å²) >= 11 is 0. The Morgan fingerprint density at radius 1 is 1.50 bits per heavy atom. The van der Waals surface area contributed by atoms with Crippen LogP contribution in [0.5, 0.6) is 0 Å². The summed E-state index contributed by atoms with van der Waals surface area (Å²) in [4.78, 5) is 11.0. The average molecular weight is 250 g/mol. The van der Waals surface area contributed by atoms with Gasteiger partial charge in [-0.15, -0.1) is 0 Å². The molecule has 2 atom stereocenters. The second kappa shape index (κ2) is 5.11. The molecule has 0 aliphatic carbocycles. The lowest BCUT2D eigenvalue weighted by Gasteiger charge is -2.35. The predicted octanol–water partition coefficient (Wildman–Crippen LogP) is -1.11. The number of hydrogen-bond acceptors (Lipinski definition) is 4. The van der Waals surface area contributed by atoms with Crippen molar-refractivity contribution in [3.05, 3.63) is 0 Å². The number of aliphatic hydroxyl groups is 1. The van der Waals surface area contributed by atoms with E-state index in [2.05, 4.69) is 0 Å². The Balaban J connectivity index is 2.81. The molecule has 0 aromatic rings. The van der Waals surface area contributed by atoms with Crippen molar-refractivity contribution in [2.24, 2.45) is 11.7 Å². The van der Waals surface area contributed by atoms with Gasteiger partial charge in [0.25, 0.3) is 0 Å². The monoisotopic (exact) mass is 250 g/mol. The fraction of sp³-hybridized carbons (Fsp3) is 0.889. The quantitative estimate of drug-likeness (QED) is 0.661. The number of rotatable bonds is 4. The van der Waals surface area contributed by atoms with Crippen LogP contribution in [0, 0.1) is 5.92 Å². The van der Waals surface area contributed by atoms with E-state index < -0.39 is 28.5 Å². The van der Waals surface area contributed by atoms with Gasteiger partial charge in [-0.05, 0) is 19.8 Å². The lowest BCUT2D eigenvalue weighted by molar-refractivity contribution is -0.123. The zero-order chi connectivity index (χ0) is 12.3. The molecule has 94 valence electrons. The maximum absolute atomic E-state index is 11.8. The van der Waals surface area contributed by atoms with Gasteiger partial charge >= 0.3 is 0 Å². The third-order valence-corrected chi connectivity index (χ3v) is 4.86. The number of aliphatic hydroxyl groups excluding tert-OH is 1. The third-order valence-electron chi connectivity index (χ3n) is 2.93. The summed E-state index contributed by atoms with van der Waals surface area (Å²) in [7, 11) is -3.47. The molecule has 0 bridgehead atoms. The minimum atomic E-state index is -3.47. The van der Waals surface area contributed by atoms with Gasteiger partial charge in [-0.25, -0.2) is 8.42 Å². The van der Waals surface area contributed by atoms with Crippen LogP contribution in [0.2, 0.25) is 0 Å². The van der Waals surface area contributed by atoms with Crippen molar-refractivity contribution in [3.8, 4) is 0 Å². The van der Waals surface area contributed by atoms with Crippen molar-refractivity contribution >= 4 is 15.9 Å². The van der Waals surface area contributed by atoms with E-state index >= 15 is 0 Å². The first-order valence-corrected chi connectivity index (χ1v) is 6.89. The van der Waals surface area contributed by atoms with E-state index in [9.17, 15) is 13.2 Å². The molecule has 0 saturated carbocycles. The van der Waals surface area contributed by atoms with Gasteiger partial charge in [0.1, 0.15) is 0 Å². The van der Waals surface area contributed by atoms with E-state index in [1.165, 1.54) is 4.31 Å². The van der Waals surface area contributed by atoms with Gasteiger partial charge in [-0.3, -0.25) is 4.79 Å². The van der Waals surface area contributed by atoms with Crippen molar-refractivity contribution in [1.82, 2.24) is 4.31 Å². The standard InChI is InChI=1S/C9H18N2O4S/c1-7-2-3-8(9(10)13)6-11(7)16(14,15)5-4-12/h7-8,12H,2-6H2,1H3,(H2,10,13). The second-order valence-corrected chi connectivity index (χ2v) is 6.18. The Morgan fingerprint density at radius 3 is 2.62 bits per heavy atom. The Hall–Kier alpha value is -0.660. The van der Waals surface area contributed by atoms with Crippen molar-refractivity contribution in [2.45, 2.75) is 25.8 Å². The van der Waals surface area contributed by atoms with E-state index in [0.717, 1.165) is 0 Å². The average Bonchev–Trinajstić information content (AvgIpc) is 2.17. The normalized spacial score (nSPS) is 27.9. The molecule has 1 saturated heterocycles. The van der Waals surface area contributed by atoms with Crippen LogP contribution in [-0.2, 0) is 14.8 Å². The molecular formula is C9H18N2O4S. The SMILES string of the molecule is CC1CCC(C(N)=O)CN1S(=O)(=O)CCO. The van der Waals surface area contributed by atoms with Crippen molar-refractivity contribution in [1.29, 1.82) is 0 Å². The van der Waals surface area contributed by atoms with Crippen LogP contribution in [0.3, 0.4) is 0 Å². The molecule has 16 heavy (non-hydrogen) atoms. The number of sulfonamides is 1. The number of nitrogens with two attached hydrogens (primary N) is 1. The highest BCUT2D eigenvalue weighted by Gasteiger charge is 2.35. The van der Waals surface area contributed by atoms with E-state index in [0.29, 0.717) is 12.8 Å². The van der Waals surface area contributed by atoms with Crippen LogP contribution in [0.4, 0.5) is 0 Å². The zero-order valence-electron chi connectivity index (χ0n) is 9.30. The minimum Gasteiger partial charge on any atom is -0.395 e. The van der Waals surface area contributed by atoms with Gasteiger partial charge in [0.2, 0.25) is 15.9 Å². The molecule has 1 fully saturated rings. The van der Waals surface area contributed by atoms with Crippen molar-refractivity contribution < 1.29 is 18.3 Å². The summed E-state index contributed by atoms with van der Waals surface area (Å²) in [6, 6.07) is -0.132. The first-order valence-electron chi connectivity index (χ1n) is 5.28. The molecule has 0 spiro atoms. The molecule has 7 heteroatoms. The van der Waals surface area contributed by atoms with E-state index in [4.69, 9.17) is 10.8 Å². The van der Waals surface area contributed by atoms with Gasteiger partial charge in [0, 0.05) is 12.6 Å². The highest BCUT2D eigenvalue weighted by Crippen LogP contribution is 2.24. The van der Waals surface area contributed by atoms with Crippen LogP contribution in [0.25, 0.3) is 0 Å². The molecule has 2 unspecified atom stereocenters. The smallest absolute Gasteiger partial charge is 0.221 e. The second-order valence-electron chi connectivity index (χ2n) is 4.13. The van der Waals surface area contributed by atoms with Gasteiger partial charge < -0.3 is 10.8 Å². The van der Waals surface area contributed by atoms with E-state index in [-0.39, 0.29) is 18.3 Å². The maximum Gasteiger partial charge on any atom is 0.221 e. The molecule has 1 aliphatic heterocycles. The van der Waals surface area contributed by atoms with Gasteiger partial charge in [-0.2, -0.15) is 4.31 Å². The van der Waals surface area contributed by atoms with Crippen LogP contribution in [-0.4, -0.2) is 48.7 Å². The van der Waals surface area contributed by atoms with Crippen LogP contribution in [0.15, 0.2) is 0 Å². The number of primary amides is 1. The molecule has 0 aromatic carbocycles. The van der Waals surface area contributed by atoms with Crippen molar-refractivity contribution in [3.63, 3.8) is 0 Å². The molecular weight excluding hydrogens is 232 g/mol. The first-order chi connectivity index (χ1) is 7.38. The topological polar surface area (TPSA) is 101 Å². The molecule has 0 aromatic heterocycles. The Labute approximate surface area is 95.5 Å². The Kier molecular flexibility index (Phi) is 4.28. The summed E-state index contributed by atoms with van der Waals surface area (Å²) in [5.74, 6) is -1.18. The third kappa shape index (κ3) is 2.93. The van der Waals surface area contributed by atoms with Gasteiger partial charge in [-0.1, -0.05) is 0 Å². The highest BCUT2D eigenvalue weighted by atomic mass is 32.2. The number of amides is 1. The summed E-state index contributed by atoms with van der Waals surface area (Å²) in [5.41, 5.74) is 5.18. The van der Waals surface area contributed by atoms with E-state index in [1.807, 2.05) is 0 Å². The summed E-state index contributed by atoms with van der Waals surface area (Å²) in [6.45, 7) is 1.53. The number of nitrogens with zero attached hydrogens (tertiary/aromatic N) is 1. The maximum atomic E-state index is 11.8. The molecule has 1 amide bonds.